The second kappa shape index (κ2) is 6.36. The Balaban J connectivity index is 1.71. The number of benzene rings is 2. The Morgan fingerprint density at radius 2 is 1.83 bits per heavy atom. The number of aliphatic carboxylic acids is 1. The fourth-order valence-corrected chi connectivity index (χ4v) is 4.28. The van der Waals surface area contributed by atoms with Gasteiger partial charge in [0.15, 0.2) is 5.75 Å². The normalized spacial score (nSPS) is 18.0. The third kappa shape index (κ3) is 3.10. The summed E-state index contributed by atoms with van der Waals surface area (Å²) in [6.45, 7) is 0. The van der Waals surface area contributed by atoms with Gasteiger partial charge in [-0.15, -0.1) is 0 Å². The standard InChI is InChI=1S/C18H10Cl2F2N2O5/c19-11-3-8(24(27)28)4-12(20)14(11)29-9-1-2-13-10(5-9)17(6-18(21,22)7-17)15(23-13)16(25)26/h1-5H,6-7H2,(H,25,26). The summed E-state index contributed by atoms with van der Waals surface area (Å²) in [5, 5.41) is 20.1. The molecule has 1 saturated carbocycles. The van der Waals surface area contributed by atoms with Gasteiger partial charge < -0.3 is 9.84 Å². The lowest BCUT2D eigenvalue weighted by Gasteiger charge is -2.45. The van der Waals surface area contributed by atoms with Crippen molar-refractivity contribution in [3.8, 4) is 11.5 Å². The minimum absolute atomic E-state index is 0.0516. The molecule has 0 saturated heterocycles. The van der Waals surface area contributed by atoms with Crippen LogP contribution in [0, 0.1) is 10.1 Å². The number of nitrogens with zero attached hydrogens (tertiary/aromatic N) is 2. The van der Waals surface area contributed by atoms with E-state index in [2.05, 4.69) is 4.99 Å². The third-order valence-electron chi connectivity index (χ3n) is 4.91. The van der Waals surface area contributed by atoms with E-state index in [4.69, 9.17) is 27.9 Å². The predicted octanol–water partition coefficient (Wildman–Crippen LogP) is 5.53. The van der Waals surface area contributed by atoms with Crippen LogP contribution in [0.1, 0.15) is 18.4 Å². The Morgan fingerprint density at radius 1 is 1.21 bits per heavy atom. The van der Waals surface area contributed by atoms with E-state index < -0.39 is 35.1 Å². The molecule has 11 heteroatoms. The molecule has 1 spiro atoms. The summed E-state index contributed by atoms with van der Waals surface area (Å²) in [7, 11) is 0. The lowest BCUT2D eigenvalue weighted by molar-refractivity contribution is -0.384. The minimum atomic E-state index is -2.99. The lowest BCUT2D eigenvalue weighted by Crippen LogP contribution is -2.55. The fourth-order valence-electron chi connectivity index (χ4n) is 3.72. The summed E-state index contributed by atoms with van der Waals surface area (Å²) in [4.78, 5) is 25.8. The largest absolute Gasteiger partial charge is 0.477 e. The summed E-state index contributed by atoms with van der Waals surface area (Å²) < 4.78 is 32.9. The first kappa shape index (κ1) is 19.5. The molecule has 1 aliphatic heterocycles. The molecular weight excluding hydrogens is 433 g/mol. The third-order valence-corrected chi connectivity index (χ3v) is 5.47. The van der Waals surface area contributed by atoms with Crippen LogP contribution in [0.2, 0.25) is 10.0 Å². The molecule has 0 radical (unpaired) electrons. The van der Waals surface area contributed by atoms with Crippen LogP contribution in [-0.4, -0.2) is 27.6 Å². The van der Waals surface area contributed by atoms with Gasteiger partial charge >= 0.3 is 5.97 Å². The van der Waals surface area contributed by atoms with Gasteiger partial charge in [0, 0.05) is 25.0 Å². The highest BCUT2D eigenvalue weighted by Crippen LogP contribution is 2.59. The van der Waals surface area contributed by atoms with E-state index in [1.807, 2.05) is 0 Å². The quantitative estimate of drug-likeness (QED) is 0.495. The van der Waals surface area contributed by atoms with E-state index in [0.717, 1.165) is 12.1 Å². The van der Waals surface area contributed by atoms with Crippen LogP contribution >= 0.6 is 23.2 Å². The summed E-state index contributed by atoms with van der Waals surface area (Å²) in [6.07, 6.45) is -1.33. The van der Waals surface area contributed by atoms with Gasteiger partial charge in [-0.3, -0.25) is 10.1 Å². The van der Waals surface area contributed by atoms with Gasteiger partial charge in [-0.05, 0) is 23.8 Å². The number of non-ortho nitro benzene ring substituents is 1. The maximum absolute atomic E-state index is 13.7. The van der Waals surface area contributed by atoms with E-state index in [-0.39, 0.29) is 38.6 Å². The first-order chi connectivity index (χ1) is 13.5. The molecule has 2 aromatic rings. The Labute approximate surface area is 171 Å². The number of rotatable bonds is 4. The molecule has 0 bridgehead atoms. The molecule has 1 fully saturated rings. The van der Waals surface area contributed by atoms with Gasteiger partial charge in [0.25, 0.3) is 11.6 Å². The molecule has 1 aliphatic carbocycles. The van der Waals surface area contributed by atoms with Crippen LogP contribution in [-0.2, 0) is 10.2 Å². The molecule has 0 unspecified atom stereocenters. The Bertz CT molecular complexity index is 1090. The van der Waals surface area contributed by atoms with Gasteiger partial charge in [0.05, 0.1) is 26.1 Å². The molecule has 1 heterocycles. The molecular formula is C18H10Cl2F2N2O5. The number of carboxylic acid groups (broad SMARTS) is 1. The van der Waals surface area contributed by atoms with E-state index in [1.165, 1.54) is 18.2 Å². The second-order valence-electron chi connectivity index (χ2n) is 6.83. The molecule has 0 amide bonds. The zero-order valence-corrected chi connectivity index (χ0v) is 15.8. The maximum atomic E-state index is 13.7. The number of nitro groups is 1. The first-order valence-electron chi connectivity index (χ1n) is 8.18. The second-order valence-corrected chi connectivity index (χ2v) is 7.65. The number of halogens is 4. The molecule has 150 valence electrons. The number of ether oxygens (including phenoxy) is 1. The van der Waals surface area contributed by atoms with Crippen molar-refractivity contribution in [3.05, 3.63) is 56.1 Å². The van der Waals surface area contributed by atoms with Crippen molar-refractivity contribution in [1.82, 2.24) is 0 Å². The van der Waals surface area contributed by atoms with Crippen molar-refractivity contribution in [3.63, 3.8) is 0 Å². The summed E-state index contributed by atoms with van der Waals surface area (Å²) in [5.74, 6) is -4.25. The van der Waals surface area contributed by atoms with Gasteiger partial charge in [0.1, 0.15) is 11.5 Å². The molecule has 1 N–H and O–H groups in total. The van der Waals surface area contributed by atoms with Gasteiger partial charge in [-0.1, -0.05) is 23.2 Å². The van der Waals surface area contributed by atoms with Crippen LogP contribution in [0.25, 0.3) is 0 Å². The van der Waals surface area contributed by atoms with Crippen LogP contribution in [0.5, 0.6) is 11.5 Å². The first-order valence-corrected chi connectivity index (χ1v) is 8.94. The number of aliphatic imine (C=N–C) groups is 1. The van der Waals surface area contributed by atoms with Gasteiger partial charge in [0.2, 0.25) is 0 Å². The van der Waals surface area contributed by atoms with Crippen LogP contribution < -0.4 is 4.74 Å². The highest BCUT2D eigenvalue weighted by Gasteiger charge is 2.64. The highest BCUT2D eigenvalue weighted by atomic mass is 35.5. The number of carbonyl (C=O) groups is 1. The average molecular weight is 443 g/mol. The molecule has 7 nitrogen and oxygen atoms in total. The fraction of sp³-hybridized carbons (Fsp3) is 0.222. The lowest BCUT2D eigenvalue weighted by atomic mass is 9.60. The zero-order chi connectivity index (χ0) is 21.1. The average Bonchev–Trinajstić information content (AvgIpc) is 2.91. The highest BCUT2D eigenvalue weighted by molar-refractivity contribution is 6.41. The molecule has 29 heavy (non-hydrogen) atoms. The van der Waals surface area contributed by atoms with Gasteiger partial charge in [-0.2, -0.15) is 0 Å². The monoisotopic (exact) mass is 442 g/mol. The molecule has 2 aromatic carbocycles. The Kier molecular flexibility index (Phi) is 4.29. The van der Waals surface area contributed by atoms with E-state index in [1.54, 1.807) is 0 Å². The molecule has 2 aliphatic rings. The Morgan fingerprint density at radius 3 is 2.34 bits per heavy atom. The number of hydrogen-bond acceptors (Lipinski definition) is 5. The van der Waals surface area contributed by atoms with E-state index >= 15 is 0 Å². The van der Waals surface area contributed by atoms with Crippen molar-refractivity contribution in [2.75, 3.05) is 0 Å². The predicted molar refractivity (Wildman–Crippen MR) is 100 cm³/mol. The van der Waals surface area contributed by atoms with Crippen LogP contribution in [0.4, 0.5) is 20.2 Å². The van der Waals surface area contributed by atoms with E-state index in [0.29, 0.717) is 5.56 Å². The number of hydrogen-bond donors (Lipinski definition) is 1. The van der Waals surface area contributed by atoms with Crippen molar-refractivity contribution in [1.29, 1.82) is 0 Å². The smallest absolute Gasteiger partial charge is 0.351 e. The number of alkyl halides is 2. The molecule has 4 rings (SSSR count). The number of nitro benzene ring substituents is 1. The van der Waals surface area contributed by atoms with Crippen LogP contribution in [0.15, 0.2) is 35.3 Å². The van der Waals surface area contributed by atoms with Crippen LogP contribution in [0.3, 0.4) is 0 Å². The minimum Gasteiger partial charge on any atom is -0.477 e. The SMILES string of the molecule is O=C(O)C1=Nc2ccc(Oc3c(Cl)cc([N+](=O)[O-])cc3Cl)cc2C12CC(F)(F)C2. The maximum Gasteiger partial charge on any atom is 0.351 e. The van der Waals surface area contributed by atoms with Crippen molar-refractivity contribution < 1.29 is 28.3 Å². The summed E-state index contributed by atoms with van der Waals surface area (Å²) in [6, 6.07) is 6.45. The topological polar surface area (TPSA) is 102 Å². The summed E-state index contributed by atoms with van der Waals surface area (Å²) >= 11 is 12.1. The van der Waals surface area contributed by atoms with Crippen molar-refractivity contribution >= 4 is 46.3 Å². The van der Waals surface area contributed by atoms with Crippen molar-refractivity contribution in [2.45, 2.75) is 24.2 Å². The van der Waals surface area contributed by atoms with Gasteiger partial charge in [-0.25, -0.2) is 18.6 Å². The van der Waals surface area contributed by atoms with Crippen molar-refractivity contribution in [2.24, 2.45) is 4.99 Å². The molecule has 0 atom stereocenters. The number of carboxylic acids is 1. The van der Waals surface area contributed by atoms with E-state index in [9.17, 15) is 28.8 Å². The molecule has 0 aromatic heterocycles. The number of fused-ring (bicyclic) bond motifs is 2. The Hall–Kier alpha value is -2.78. The zero-order valence-electron chi connectivity index (χ0n) is 14.3. The summed E-state index contributed by atoms with van der Waals surface area (Å²) in [5.41, 5.74) is -1.47.